The third-order valence-corrected chi connectivity index (χ3v) is 3.79. The lowest BCUT2D eigenvalue weighted by molar-refractivity contribution is -0.144. The molecule has 6 heteroatoms. The van der Waals surface area contributed by atoms with Gasteiger partial charge < -0.3 is 0 Å². The van der Waals surface area contributed by atoms with Gasteiger partial charge in [-0.05, 0) is 12.8 Å². The Morgan fingerprint density at radius 1 is 1.41 bits per heavy atom. The highest BCUT2D eigenvalue weighted by atomic mass is 32.2. The molecule has 0 aromatic rings. The molecule has 0 radical (unpaired) electrons. The van der Waals surface area contributed by atoms with Crippen molar-refractivity contribution in [3.63, 3.8) is 0 Å². The number of nitrogens with one attached hydrogen (secondary N) is 1. The van der Waals surface area contributed by atoms with Gasteiger partial charge in [0.05, 0.1) is 5.75 Å². The van der Waals surface area contributed by atoms with E-state index in [-0.39, 0.29) is 5.91 Å². The SMILES string of the molecule is C#CCSCCN1C(=O)NC(=O)C2(CC2)C1=O. The zero-order valence-electron chi connectivity index (χ0n) is 9.19. The van der Waals surface area contributed by atoms with E-state index >= 15 is 0 Å². The highest BCUT2D eigenvalue weighted by Gasteiger charge is 2.61. The number of thioether (sulfide) groups is 1. The van der Waals surface area contributed by atoms with Gasteiger partial charge >= 0.3 is 6.03 Å². The molecular formula is C11H12N2O3S. The predicted molar refractivity (Wildman–Crippen MR) is 63.1 cm³/mol. The van der Waals surface area contributed by atoms with Gasteiger partial charge in [0.25, 0.3) is 0 Å². The summed E-state index contributed by atoms with van der Waals surface area (Å²) in [6.07, 6.45) is 6.18. The summed E-state index contributed by atoms with van der Waals surface area (Å²) in [5.74, 6) is 2.81. The molecule has 5 nitrogen and oxygen atoms in total. The van der Waals surface area contributed by atoms with Crippen LogP contribution in [0, 0.1) is 17.8 Å². The van der Waals surface area contributed by atoms with Crippen molar-refractivity contribution in [3.8, 4) is 12.3 Å². The quantitative estimate of drug-likeness (QED) is 0.441. The first-order valence-corrected chi connectivity index (χ1v) is 6.46. The maximum absolute atomic E-state index is 12.0. The molecule has 1 aliphatic heterocycles. The molecule has 2 fully saturated rings. The zero-order chi connectivity index (χ0) is 12.5. The summed E-state index contributed by atoms with van der Waals surface area (Å²) in [5.41, 5.74) is -0.940. The summed E-state index contributed by atoms with van der Waals surface area (Å²) >= 11 is 1.48. The highest BCUT2D eigenvalue weighted by Crippen LogP contribution is 2.48. The summed E-state index contributed by atoms with van der Waals surface area (Å²) in [4.78, 5) is 36.1. The van der Waals surface area contributed by atoms with Crippen LogP contribution in [0.2, 0.25) is 0 Å². The molecule has 1 N–H and O–H groups in total. The number of terminal acetylenes is 1. The fourth-order valence-electron chi connectivity index (χ4n) is 1.79. The van der Waals surface area contributed by atoms with Crippen LogP contribution in [0.25, 0.3) is 0 Å². The lowest BCUT2D eigenvalue weighted by Gasteiger charge is -2.29. The van der Waals surface area contributed by atoms with Crippen LogP contribution in [0.15, 0.2) is 0 Å². The van der Waals surface area contributed by atoms with Gasteiger partial charge in [-0.1, -0.05) is 5.92 Å². The summed E-state index contributed by atoms with van der Waals surface area (Å²) in [7, 11) is 0. The van der Waals surface area contributed by atoms with E-state index in [4.69, 9.17) is 6.42 Å². The molecule has 0 unspecified atom stereocenters. The van der Waals surface area contributed by atoms with E-state index < -0.39 is 17.4 Å². The van der Waals surface area contributed by atoms with Crippen molar-refractivity contribution in [2.24, 2.45) is 5.41 Å². The number of hydrogen-bond acceptors (Lipinski definition) is 4. The number of nitrogens with zero attached hydrogens (tertiary/aromatic N) is 1. The highest BCUT2D eigenvalue weighted by molar-refractivity contribution is 7.99. The second-order valence-electron chi connectivity index (χ2n) is 4.05. The van der Waals surface area contributed by atoms with E-state index in [1.165, 1.54) is 11.8 Å². The smallest absolute Gasteiger partial charge is 0.277 e. The van der Waals surface area contributed by atoms with Crippen LogP contribution in [0.5, 0.6) is 0 Å². The molecule has 1 saturated heterocycles. The van der Waals surface area contributed by atoms with Crippen molar-refractivity contribution in [2.45, 2.75) is 12.8 Å². The first kappa shape index (κ1) is 12.0. The molecule has 1 aliphatic carbocycles. The van der Waals surface area contributed by atoms with E-state index in [0.29, 0.717) is 30.9 Å². The number of amides is 4. The summed E-state index contributed by atoms with van der Waals surface area (Å²) < 4.78 is 0. The largest absolute Gasteiger partial charge is 0.330 e. The molecule has 0 atom stereocenters. The minimum absolute atomic E-state index is 0.298. The topological polar surface area (TPSA) is 66.5 Å². The van der Waals surface area contributed by atoms with Crippen LogP contribution in [-0.2, 0) is 9.59 Å². The van der Waals surface area contributed by atoms with Gasteiger partial charge in [-0.3, -0.25) is 19.8 Å². The number of rotatable bonds is 4. The van der Waals surface area contributed by atoms with E-state index in [9.17, 15) is 14.4 Å². The van der Waals surface area contributed by atoms with Crippen molar-refractivity contribution in [1.29, 1.82) is 0 Å². The van der Waals surface area contributed by atoms with E-state index in [1.807, 2.05) is 0 Å². The monoisotopic (exact) mass is 252 g/mol. The first-order valence-electron chi connectivity index (χ1n) is 5.30. The van der Waals surface area contributed by atoms with Gasteiger partial charge in [0.2, 0.25) is 11.8 Å². The van der Waals surface area contributed by atoms with Crippen LogP contribution >= 0.6 is 11.8 Å². The summed E-state index contributed by atoms with van der Waals surface area (Å²) in [5, 5.41) is 2.23. The Labute approximate surface area is 103 Å². The lowest BCUT2D eigenvalue weighted by Crippen LogP contribution is -2.59. The van der Waals surface area contributed by atoms with Crippen LogP contribution in [0.1, 0.15) is 12.8 Å². The molecule has 0 aromatic heterocycles. The van der Waals surface area contributed by atoms with Crippen molar-refractivity contribution >= 4 is 29.6 Å². The normalized spacial score (nSPS) is 21.4. The third-order valence-electron chi connectivity index (χ3n) is 2.95. The predicted octanol–water partition coefficient (Wildman–Crippen LogP) is 0.211. The molecule has 90 valence electrons. The Balaban J connectivity index is 1.97. The van der Waals surface area contributed by atoms with Crippen molar-refractivity contribution in [3.05, 3.63) is 0 Å². The molecule has 17 heavy (non-hydrogen) atoms. The van der Waals surface area contributed by atoms with Crippen LogP contribution in [-0.4, -0.2) is 40.8 Å². The van der Waals surface area contributed by atoms with Gasteiger partial charge in [0.1, 0.15) is 5.41 Å². The number of barbiturate groups is 1. The Kier molecular flexibility index (Phi) is 3.11. The van der Waals surface area contributed by atoms with Gasteiger partial charge in [-0.15, -0.1) is 18.2 Å². The van der Waals surface area contributed by atoms with Crippen molar-refractivity contribution in [2.75, 3.05) is 18.1 Å². The molecule has 1 spiro atoms. The van der Waals surface area contributed by atoms with Crippen LogP contribution < -0.4 is 5.32 Å². The molecule has 1 heterocycles. The van der Waals surface area contributed by atoms with Gasteiger partial charge in [-0.25, -0.2) is 4.79 Å². The van der Waals surface area contributed by atoms with E-state index in [1.54, 1.807) is 0 Å². The molecule has 4 amide bonds. The average molecular weight is 252 g/mol. The minimum Gasteiger partial charge on any atom is -0.277 e. The second kappa shape index (κ2) is 4.41. The fraction of sp³-hybridized carbons (Fsp3) is 0.545. The Bertz CT molecular complexity index is 423. The number of carbonyl (C=O) groups is 3. The standard InChI is InChI=1S/C11H12N2O3S/c1-2-6-17-7-5-13-9(15)11(3-4-11)8(14)12-10(13)16/h1H,3-7H2,(H,12,14,16). The molecular weight excluding hydrogens is 240 g/mol. The fourth-order valence-corrected chi connectivity index (χ4v) is 2.36. The van der Waals surface area contributed by atoms with E-state index in [0.717, 1.165) is 4.90 Å². The zero-order valence-corrected chi connectivity index (χ0v) is 10.0. The van der Waals surface area contributed by atoms with Crippen molar-refractivity contribution in [1.82, 2.24) is 10.2 Å². The maximum atomic E-state index is 12.0. The van der Waals surface area contributed by atoms with Crippen LogP contribution in [0.4, 0.5) is 4.79 Å². The van der Waals surface area contributed by atoms with Crippen molar-refractivity contribution < 1.29 is 14.4 Å². The summed E-state index contributed by atoms with van der Waals surface area (Å²) in [6.45, 7) is 0.298. The maximum Gasteiger partial charge on any atom is 0.330 e. The number of carbonyl (C=O) groups excluding carboxylic acids is 3. The number of hydrogen-bond donors (Lipinski definition) is 1. The van der Waals surface area contributed by atoms with Gasteiger partial charge in [0.15, 0.2) is 0 Å². The lowest BCUT2D eigenvalue weighted by atomic mass is 10.0. The second-order valence-corrected chi connectivity index (χ2v) is 5.16. The van der Waals surface area contributed by atoms with E-state index in [2.05, 4.69) is 11.2 Å². The molecule has 0 bridgehead atoms. The first-order chi connectivity index (χ1) is 8.12. The average Bonchev–Trinajstić information content (AvgIpc) is 3.07. The molecule has 2 aliphatic rings. The molecule has 0 aromatic carbocycles. The molecule has 1 saturated carbocycles. The van der Waals surface area contributed by atoms with Gasteiger partial charge in [0, 0.05) is 12.3 Å². The van der Waals surface area contributed by atoms with Gasteiger partial charge in [-0.2, -0.15) is 0 Å². The number of imide groups is 2. The minimum atomic E-state index is -0.940. The van der Waals surface area contributed by atoms with Crippen LogP contribution in [0.3, 0.4) is 0 Å². The Hall–Kier alpha value is -1.48. The molecule has 2 rings (SSSR count). The number of urea groups is 1. The Morgan fingerprint density at radius 3 is 2.71 bits per heavy atom. The Morgan fingerprint density at radius 2 is 2.12 bits per heavy atom. The third kappa shape index (κ3) is 2.03. The summed E-state index contributed by atoms with van der Waals surface area (Å²) in [6, 6.07) is -0.612.